The van der Waals surface area contributed by atoms with Crippen molar-refractivity contribution in [1.29, 1.82) is 0 Å². The lowest BCUT2D eigenvalue weighted by Gasteiger charge is -2.43. The molecule has 3 nitrogen and oxygen atoms in total. The van der Waals surface area contributed by atoms with Crippen LogP contribution in [0.4, 0.5) is 5.69 Å². The number of para-hydroxylation sites is 1. The smallest absolute Gasteiger partial charge is 0.256 e. The zero-order valence-corrected chi connectivity index (χ0v) is 14.5. The Bertz CT molecular complexity index is 619. The van der Waals surface area contributed by atoms with E-state index in [0.29, 0.717) is 23.2 Å². The summed E-state index contributed by atoms with van der Waals surface area (Å²) in [6.45, 7) is 9.31. The lowest BCUT2D eigenvalue weighted by atomic mass is 9.60. The number of amides is 1. The molecule has 4 heteroatoms. The van der Waals surface area contributed by atoms with Gasteiger partial charge in [0, 0.05) is 10.8 Å². The van der Waals surface area contributed by atoms with Gasteiger partial charge in [-0.25, -0.2) is 0 Å². The Labute approximate surface area is 137 Å². The van der Waals surface area contributed by atoms with Crippen LogP contribution in [-0.2, 0) is 9.53 Å². The van der Waals surface area contributed by atoms with E-state index in [2.05, 4.69) is 26.1 Å². The van der Waals surface area contributed by atoms with Crippen molar-refractivity contribution in [3.8, 4) is 0 Å². The van der Waals surface area contributed by atoms with Crippen LogP contribution < -0.4 is 5.32 Å². The SMILES string of the molecule is CC1CCC2(C)C(C)(C(=O)Nc3ccccc3Cl)OCC12C. The highest BCUT2D eigenvalue weighted by molar-refractivity contribution is 6.33. The molecule has 1 aliphatic carbocycles. The monoisotopic (exact) mass is 321 g/mol. The molecule has 3 rings (SSSR count). The number of hydrogen-bond acceptors (Lipinski definition) is 2. The molecule has 0 aromatic heterocycles. The van der Waals surface area contributed by atoms with Gasteiger partial charge < -0.3 is 10.1 Å². The van der Waals surface area contributed by atoms with Crippen LogP contribution in [0.5, 0.6) is 0 Å². The molecule has 2 aliphatic rings. The summed E-state index contributed by atoms with van der Waals surface area (Å²) in [5.74, 6) is 0.466. The van der Waals surface area contributed by atoms with Gasteiger partial charge >= 0.3 is 0 Å². The molecule has 120 valence electrons. The Morgan fingerprint density at radius 2 is 2.00 bits per heavy atom. The van der Waals surface area contributed by atoms with Gasteiger partial charge in [-0.3, -0.25) is 4.79 Å². The Morgan fingerprint density at radius 1 is 1.32 bits per heavy atom. The van der Waals surface area contributed by atoms with E-state index in [1.54, 1.807) is 6.07 Å². The average molecular weight is 322 g/mol. The minimum atomic E-state index is -0.828. The largest absolute Gasteiger partial charge is 0.364 e. The topological polar surface area (TPSA) is 38.3 Å². The van der Waals surface area contributed by atoms with Crippen molar-refractivity contribution in [3.05, 3.63) is 29.3 Å². The number of halogens is 1. The van der Waals surface area contributed by atoms with Crippen molar-refractivity contribution in [3.63, 3.8) is 0 Å². The summed E-state index contributed by atoms with van der Waals surface area (Å²) in [6.07, 6.45) is 2.16. The predicted molar refractivity (Wildman–Crippen MR) is 89.1 cm³/mol. The van der Waals surface area contributed by atoms with Crippen molar-refractivity contribution in [2.24, 2.45) is 16.7 Å². The van der Waals surface area contributed by atoms with E-state index in [-0.39, 0.29) is 16.7 Å². The number of anilines is 1. The summed E-state index contributed by atoms with van der Waals surface area (Å²) < 4.78 is 6.10. The maximum atomic E-state index is 13.0. The fraction of sp³-hybridized carbons (Fsp3) is 0.611. The summed E-state index contributed by atoms with van der Waals surface area (Å²) in [5.41, 5.74) is -0.307. The Balaban J connectivity index is 1.91. The predicted octanol–water partition coefficient (Wildman–Crippen LogP) is 4.51. The van der Waals surface area contributed by atoms with E-state index in [0.717, 1.165) is 12.8 Å². The molecule has 1 aromatic rings. The molecule has 1 saturated carbocycles. The number of nitrogens with one attached hydrogen (secondary N) is 1. The highest BCUT2D eigenvalue weighted by Crippen LogP contribution is 2.66. The van der Waals surface area contributed by atoms with Crippen LogP contribution in [0.25, 0.3) is 0 Å². The normalized spacial score (nSPS) is 40.5. The quantitative estimate of drug-likeness (QED) is 0.870. The van der Waals surface area contributed by atoms with Gasteiger partial charge in [-0.1, -0.05) is 44.5 Å². The molecule has 0 spiro atoms. The van der Waals surface area contributed by atoms with Crippen LogP contribution in [0.3, 0.4) is 0 Å². The molecule has 1 heterocycles. The molecule has 4 atom stereocenters. The number of carbonyl (C=O) groups is 1. The third-order valence-corrected chi connectivity index (χ3v) is 7.02. The van der Waals surface area contributed by atoms with Crippen LogP contribution >= 0.6 is 11.6 Å². The van der Waals surface area contributed by atoms with Gasteiger partial charge in [0.25, 0.3) is 5.91 Å². The zero-order chi connectivity index (χ0) is 16.2. The highest BCUT2D eigenvalue weighted by Gasteiger charge is 2.69. The van der Waals surface area contributed by atoms with E-state index in [1.807, 2.05) is 25.1 Å². The summed E-state index contributed by atoms with van der Waals surface area (Å²) >= 11 is 6.16. The van der Waals surface area contributed by atoms with Crippen molar-refractivity contribution < 1.29 is 9.53 Å². The maximum Gasteiger partial charge on any atom is 0.256 e. The third kappa shape index (κ3) is 1.88. The molecule has 1 N–H and O–H groups in total. The lowest BCUT2D eigenvalue weighted by Crippen LogP contribution is -2.53. The first-order chi connectivity index (χ1) is 10.2. The molecule has 1 aliphatic heterocycles. The summed E-state index contributed by atoms with van der Waals surface area (Å²) in [7, 11) is 0. The fourth-order valence-corrected chi connectivity index (χ4v) is 4.49. The number of carbonyl (C=O) groups excluding carboxylic acids is 1. The molecule has 4 unspecified atom stereocenters. The van der Waals surface area contributed by atoms with Crippen molar-refractivity contribution in [2.45, 2.75) is 46.1 Å². The molecular weight excluding hydrogens is 298 g/mol. The molecule has 2 fully saturated rings. The Hall–Kier alpha value is -1.06. The van der Waals surface area contributed by atoms with E-state index in [9.17, 15) is 4.79 Å². The van der Waals surface area contributed by atoms with Crippen molar-refractivity contribution in [1.82, 2.24) is 0 Å². The Morgan fingerprint density at radius 3 is 2.68 bits per heavy atom. The van der Waals surface area contributed by atoms with E-state index < -0.39 is 5.60 Å². The first kappa shape index (κ1) is 15.8. The standard InChI is InChI=1S/C18H24ClNO2/c1-12-9-10-17(3)16(12,2)11-22-18(17,4)15(21)20-14-8-6-5-7-13(14)19/h5-8,12H,9-11H2,1-4H3,(H,20,21). The number of rotatable bonds is 2. The summed E-state index contributed by atoms with van der Waals surface area (Å²) in [4.78, 5) is 13.0. The van der Waals surface area contributed by atoms with Gasteiger partial charge in [-0.15, -0.1) is 0 Å². The van der Waals surface area contributed by atoms with Gasteiger partial charge in [0.2, 0.25) is 0 Å². The number of ether oxygens (including phenoxy) is 1. The number of hydrogen-bond donors (Lipinski definition) is 1. The first-order valence-electron chi connectivity index (χ1n) is 7.94. The van der Waals surface area contributed by atoms with Gasteiger partial charge in [0.15, 0.2) is 0 Å². The van der Waals surface area contributed by atoms with Crippen molar-refractivity contribution >= 4 is 23.2 Å². The molecule has 1 saturated heterocycles. The summed E-state index contributed by atoms with van der Waals surface area (Å²) in [5, 5.41) is 3.51. The minimum Gasteiger partial charge on any atom is -0.364 e. The summed E-state index contributed by atoms with van der Waals surface area (Å²) in [6, 6.07) is 7.31. The molecule has 1 amide bonds. The van der Waals surface area contributed by atoms with Crippen LogP contribution in [0.2, 0.25) is 5.02 Å². The molecule has 0 radical (unpaired) electrons. The Kier molecular flexibility index (Phi) is 3.57. The van der Waals surface area contributed by atoms with Crippen LogP contribution in [0, 0.1) is 16.7 Å². The third-order valence-electron chi connectivity index (χ3n) is 6.69. The van der Waals surface area contributed by atoms with Gasteiger partial charge in [-0.2, -0.15) is 0 Å². The van der Waals surface area contributed by atoms with E-state index in [1.165, 1.54) is 0 Å². The van der Waals surface area contributed by atoms with Crippen molar-refractivity contribution in [2.75, 3.05) is 11.9 Å². The molecular formula is C18H24ClNO2. The van der Waals surface area contributed by atoms with Crippen LogP contribution in [0.15, 0.2) is 24.3 Å². The van der Waals surface area contributed by atoms with Crippen LogP contribution in [0.1, 0.15) is 40.5 Å². The second kappa shape index (κ2) is 4.97. The molecule has 0 bridgehead atoms. The molecule has 1 aromatic carbocycles. The van der Waals surface area contributed by atoms with Crippen LogP contribution in [-0.4, -0.2) is 18.1 Å². The second-order valence-electron chi connectivity index (χ2n) is 7.45. The minimum absolute atomic E-state index is 0.0412. The van der Waals surface area contributed by atoms with Gasteiger partial charge in [0.05, 0.1) is 17.3 Å². The number of fused-ring (bicyclic) bond motifs is 1. The lowest BCUT2D eigenvalue weighted by molar-refractivity contribution is -0.143. The average Bonchev–Trinajstić information content (AvgIpc) is 2.85. The second-order valence-corrected chi connectivity index (χ2v) is 7.85. The molecule has 22 heavy (non-hydrogen) atoms. The first-order valence-corrected chi connectivity index (χ1v) is 8.32. The van der Waals surface area contributed by atoms with Gasteiger partial charge in [-0.05, 0) is 37.8 Å². The zero-order valence-electron chi connectivity index (χ0n) is 13.7. The fourth-order valence-electron chi connectivity index (χ4n) is 4.31. The van der Waals surface area contributed by atoms with E-state index >= 15 is 0 Å². The maximum absolute atomic E-state index is 13.0. The van der Waals surface area contributed by atoms with Gasteiger partial charge in [0.1, 0.15) is 5.60 Å². The highest BCUT2D eigenvalue weighted by atomic mass is 35.5. The van der Waals surface area contributed by atoms with E-state index in [4.69, 9.17) is 16.3 Å². The number of benzene rings is 1.